The highest BCUT2D eigenvalue weighted by Crippen LogP contribution is 2.44. The Hall–Kier alpha value is -0.860. The van der Waals surface area contributed by atoms with Gasteiger partial charge >= 0.3 is 0 Å². The first-order chi connectivity index (χ1) is 8.65. The lowest BCUT2D eigenvalue weighted by molar-refractivity contribution is 0.262. The van der Waals surface area contributed by atoms with Crippen molar-refractivity contribution in [3.05, 3.63) is 35.4 Å². The van der Waals surface area contributed by atoms with E-state index in [-0.39, 0.29) is 0 Å². The Bertz CT molecular complexity index is 386. The Morgan fingerprint density at radius 1 is 1.22 bits per heavy atom. The second kappa shape index (κ2) is 5.85. The zero-order valence-electron chi connectivity index (χ0n) is 11.6. The Kier molecular flexibility index (Phi) is 4.41. The number of hydrogen-bond acceptors (Lipinski definition) is 2. The summed E-state index contributed by atoms with van der Waals surface area (Å²) in [7, 11) is 0. The first kappa shape index (κ1) is 13.6. The number of hydrogen-bond donors (Lipinski definition) is 2. The summed E-state index contributed by atoms with van der Waals surface area (Å²) in [5, 5.41) is 12.5. The summed E-state index contributed by atoms with van der Waals surface area (Å²) in [5.41, 5.74) is 3.28. The molecule has 0 aliphatic heterocycles. The number of aliphatic hydroxyl groups is 1. The molecule has 0 fully saturated rings. The number of nitrogens with one attached hydrogen (secondary N) is 1. The Balaban J connectivity index is 1.94. The van der Waals surface area contributed by atoms with Crippen molar-refractivity contribution in [3.63, 3.8) is 0 Å². The number of benzene rings is 1. The van der Waals surface area contributed by atoms with Gasteiger partial charge in [-0.2, -0.15) is 0 Å². The molecule has 100 valence electrons. The maximum absolute atomic E-state index is 8.77. The van der Waals surface area contributed by atoms with Crippen LogP contribution in [0.2, 0.25) is 0 Å². The maximum atomic E-state index is 8.77. The highest BCUT2D eigenvalue weighted by atomic mass is 16.2. The van der Waals surface area contributed by atoms with Crippen LogP contribution in [0.4, 0.5) is 0 Å². The van der Waals surface area contributed by atoms with Gasteiger partial charge < -0.3 is 10.4 Å². The zero-order valence-corrected chi connectivity index (χ0v) is 11.6. The van der Waals surface area contributed by atoms with Crippen LogP contribution in [0.1, 0.15) is 50.3 Å². The molecule has 2 heteroatoms. The molecule has 1 aromatic carbocycles. The van der Waals surface area contributed by atoms with Crippen LogP contribution in [0.3, 0.4) is 0 Å². The van der Waals surface area contributed by atoms with Crippen LogP contribution in [0.25, 0.3) is 0 Å². The predicted octanol–water partition coefficient (Wildman–Crippen LogP) is 3.06. The van der Waals surface area contributed by atoms with Crippen molar-refractivity contribution in [2.24, 2.45) is 5.41 Å². The normalized spacial score (nSPS) is 20.9. The van der Waals surface area contributed by atoms with Gasteiger partial charge in [0.1, 0.15) is 0 Å². The molecule has 0 saturated carbocycles. The molecule has 1 atom stereocenters. The van der Waals surface area contributed by atoms with Crippen molar-refractivity contribution in [3.8, 4) is 0 Å². The van der Waals surface area contributed by atoms with Crippen LogP contribution in [-0.2, 0) is 6.42 Å². The fourth-order valence-corrected chi connectivity index (χ4v) is 3.04. The summed E-state index contributed by atoms with van der Waals surface area (Å²) >= 11 is 0. The average Bonchev–Trinajstić information content (AvgIpc) is 2.60. The Labute approximate surface area is 110 Å². The van der Waals surface area contributed by atoms with Crippen molar-refractivity contribution in [2.75, 3.05) is 13.2 Å². The molecular formula is C16H25NO. The lowest BCUT2D eigenvalue weighted by Gasteiger charge is -2.28. The predicted molar refractivity (Wildman–Crippen MR) is 75.6 cm³/mol. The summed E-state index contributed by atoms with van der Waals surface area (Å²) in [6.07, 6.45) is 4.34. The molecule has 2 nitrogen and oxygen atoms in total. The van der Waals surface area contributed by atoms with Gasteiger partial charge in [0.15, 0.2) is 0 Å². The summed E-state index contributed by atoms with van der Waals surface area (Å²) < 4.78 is 0. The number of rotatable bonds is 6. The Morgan fingerprint density at radius 3 is 2.78 bits per heavy atom. The van der Waals surface area contributed by atoms with Crippen LogP contribution in [0.15, 0.2) is 24.3 Å². The van der Waals surface area contributed by atoms with Gasteiger partial charge in [0.25, 0.3) is 0 Å². The smallest absolute Gasteiger partial charge is 0.0431 e. The molecular weight excluding hydrogens is 222 g/mol. The van der Waals surface area contributed by atoms with Gasteiger partial charge in [0.2, 0.25) is 0 Å². The SMILES string of the molecule is CC1(C)Cc2ccccc2C1NCCCCCO. The van der Waals surface area contributed by atoms with Gasteiger partial charge in [-0.3, -0.25) is 0 Å². The van der Waals surface area contributed by atoms with Crippen molar-refractivity contribution >= 4 is 0 Å². The van der Waals surface area contributed by atoms with Crippen LogP contribution >= 0.6 is 0 Å². The summed E-state index contributed by atoms with van der Waals surface area (Å²) in [5.74, 6) is 0. The lowest BCUT2D eigenvalue weighted by atomic mass is 9.85. The summed E-state index contributed by atoms with van der Waals surface area (Å²) in [4.78, 5) is 0. The number of unbranched alkanes of at least 4 members (excludes halogenated alkanes) is 2. The van der Waals surface area contributed by atoms with Crippen LogP contribution < -0.4 is 5.32 Å². The minimum atomic E-state index is 0.306. The van der Waals surface area contributed by atoms with E-state index in [1.807, 2.05) is 0 Å². The molecule has 2 N–H and O–H groups in total. The van der Waals surface area contributed by atoms with Gasteiger partial charge in [-0.25, -0.2) is 0 Å². The molecule has 1 unspecified atom stereocenters. The average molecular weight is 247 g/mol. The molecule has 0 aromatic heterocycles. The van der Waals surface area contributed by atoms with Gasteiger partial charge in [-0.05, 0) is 48.8 Å². The summed E-state index contributed by atoms with van der Waals surface area (Å²) in [6.45, 7) is 6.05. The minimum Gasteiger partial charge on any atom is -0.396 e. The van der Waals surface area contributed by atoms with Gasteiger partial charge in [-0.15, -0.1) is 0 Å². The van der Waals surface area contributed by atoms with Crippen molar-refractivity contribution in [1.82, 2.24) is 5.32 Å². The molecule has 0 bridgehead atoms. The van der Waals surface area contributed by atoms with E-state index in [9.17, 15) is 0 Å². The van der Waals surface area contributed by atoms with E-state index < -0.39 is 0 Å². The first-order valence-corrected chi connectivity index (χ1v) is 7.07. The minimum absolute atomic E-state index is 0.306. The van der Waals surface area contributed by atoms with E-state index in [4.69, 9.17) is 5.11 Å². The third-order valence-electron chi connectivity index (χ3n) is 3.98. The maximum Gasteiger partial charge on any atom is 0.0431 e. The molecule has 1 aliphatic carbocycles. The highest BCUT2D eigenvalue weighted by Gasteiger charge is 2.37. The van der Waals surface area contributed by atoms with Gasteiger partial charge in [-0.1, -0.05) is 38.1 Å². The van der Waals surface area contributed by atoms with E-state index >= 15 is 0 Å². The molecule has 18 heavy (non-hydrogen) atoms. The van der Waals surface area contributed by atoms with E-state index in [1.165, 1.54) is 11.1 Å². The second-order valence-corrected chi connectivity index (χ2v) is 6.04. The highest BCUT2D eigenvalue weighted by molar-refractivity contribution is 5.37. The standard InChI is InChI=1S/C16H25NO/c1-16(2)12-13-8-4-5-9-14(13)15(16)17-10-6-3-7-11-18/h4-5,8-9,15,17-18H,3,6-7,10-12H2,1-2H3. The second-order valence-electron chi connectivity index (χ2n) is 6.04. The number of fused-ring (bicyclic) bond motifs is 1. The van der Waals surface area contributed by atoms with E-state index in [0.717, 1.165) is 32.2 Å². The molecule has 2 rings (SSSR count). The topological polar surface area (TPSA) is 32.3 Å². The van der Waals surface area contributed by atoms with E-state index in [1.54, 1.807) is 0 Å². The van der Waals surface area contributed by atoms with Gasteiger partial charge in [0, 0.05) is 12.6 Å². The molecule has 1 aliphatic rings. The molecule has 0 radical (unpaired) electrons. The van der Waals surface area contributed by atoms with Crippen LogP contribution in [0.5, 0.6) is 0 Å². The Morgan fingerprint density at radius 2 is 2.00 bits per heavy atom. The fraction of sp³-hybridized carbons (Fsp3) is 0.625. The van der Waals surface area contributed by atoms with Crippen LogP contribution in [-0.4, -0.2) is 18.3 Å². The molecule has 0 saturated heterocycles. The van der Waals surface area contributed by atoms with Crippen LogP contribution in [0, 0.1) is 5.41 Å². The van der Waals surface area contributed by atoms with Crippen molar-refractivity contribution < 1.29 is 5.11 Å². The summed E-state index contributed by atoms with van der Waals surface area (Å²) in [6, 6.07) is 9.27. The largest absolute Gasteiger partial charge is 0.396 e. The monoisotopic (exact) mass is 247 g/mol. The molecule has 0 amide bonds. The molecule has 0 heterocycles. The number of aliphatic hydroxyl groups excluding tert-OH is 1. The van der Waals surface area contributed by atoms with E-state index in [2.05, 4.69) is 43.4 Å². The molecule has 0 spiro atoms. The van der Waals surface area contributed by atoms with Gasteiger partial charge in [0.05, 0.1) is 0 Å². The first-order valence-electron chi connectivity index (χ1n) is 7.07. The molecule has 1 aromatic rings. The van der Waals surface area contributed by atoms with Crippen molar-refractivity contribution in [1.29, 1.82) is 0 Å². The lowest BCUT2D eigenvalue weighted by Crippen LogP contribution is -2.31. The van der Waals surface area contributed by atoms with Crippen molar-refractivity contribution in [2.45, 2.75) is 45.6 Å². The third-order valence-corrected chi connectivity index (χ3v) is 3.98. The third kappa shape index (κ3) is 2.93. The van der Waals surface area contributed by atoms with E-state index in [0.29, 0.717) is 18.1 Å². The zero-order chi connectivity index (χ0) is 13.0. The quantitative estimate of drug-likeness (QED) is 0.757. The fourth-order valence-electron chi connectivity index (χ4n) is 3.04.